The Morgan fingerprint density at radius 3 is 2.56 bits per heavy atom. The maximum Gasteiger partial charge on any atom is 0.184 e. The molecule has 0 amide bonds. The number of fused-ring (bicyclic) bond motifs is 1. The lowest BCUT2D eigenvalue weighted by Crippen LogP contribution is -2.40. The molecule has 0 fully saturated rings. The van der Waals surface area contributed by atoms with Gasteiger partial charge in [0.25, 0.3) is 0 Å². The van der Waals surface area contributed by atoms with E-state index >= 15 is 0 Å². The van der Waals surface area contributed by atoms with Gasteiger partial charge in [-0.25, -0.2) is 0 Å². The molecule has 1 aliphatic carbocycles. The lowest BCUT2D eigenvalue weighted by Gasteiger charge is -2.41. The van der Waals surface area contributed by atoms with Crippen LogP contribution in [0.25, 0.3) is 0 Å². The Kier molecular flexibility index (Phi) is 3.56. The average molecular weight is 264 g/mol. The van der Waals surface area contributed by atoms with Crippen molar-refractivity contribution in [2.24, 2.45) is 0 Å². The van der Waals surface area contributed by atoms with E-state index in [-0.39, 0.29) is 5.60 Å². The summed E-state index contributed by atoms with van der Waals surface area (Å²) in [5.41, 5.74) is 2.62. The summed E-state index contributed by atoms with van der Waals surface area (Å²) in [5, 5.41) is 0. The van der Waals surface area contributed by atoms with E-state index in [0.717, 1.165) is 18.6 Å². The molecule has 3 heteroatoms. The fourth-order valence-electron chi connectivity index (χ4n) is 2.93. The zero-order valence-corrected chi connectivity index (χ0v) is 13.2. The second-order valence-corrected chi connectivity index (χ2v) is 10.8. The molecule has 1 unspecified atom stereocenters. The van der Waals surface area contributed by atoms with Crippen molar-refractivity contribution in [2.45, 2.75) is 51.4 Å². The SMILES string of the molecule is COc1ccc2c(c1)C(C)(O[Si](C)(C)C)CCC2. The molecule has 2 rings (SSSR count). The maximum absolute atomic E-state index is 6.48. The van der Waals surface area contributed by atoms with Crippen LogP contribution in [0, 0.1) is 0 Å². The highest BCUT2D eigenvalue weighted by Crippen LogP contribution is 2.41. The van der Waals surface area contributed by atoms with E-state index in [1.807, 2.05) is 0 Å². The summed E-state index contributed by atoms with van der Waals surface area (Å²) in [7, 11) is 0.170. The minimum Gasteiger partial charge on any atom is -0.497 e. The van der Waals surface area contributed by atoms with Crippen LogP contribution in [-0.2, 0) is 16.4 Å². The molecule has 100 valence electrons. The zero-order valence-electron chi connectivity index (χ0n) is 12.2. The third kappa shape index (κ3) is 2.78. The number of hydrogen-bond donors (Lipinski definition) is 0. The van der Waals surface area contributed by atoms with E-state index in [4.69, 9.17) is 9.16 Å². The highest BCUT2D eigenvalue weighted by molar-refractivity contribution is 6.69. The van der Waals surface area contributed by atoms with Crippen LogP contribution in [0.5, 0.6) is 5.75 Å². The lowest BCUT2D eigenvalue weighted by molar-refractivity contribution is 0.0588. The van der Waals surface area contributed by atoms with Crippen LogP contribution in [-0.4, -0.2) is 15.4 Å². The van der Waals surface area contributed by atoms with E-state index in [9.17, 15) is 0 Å². The molecule has 0 saturated carbocycles. The molecule has 0 bridgehead atoms. The van der Waals surface area contributed by atoms with Crippen LogP contribution in [0.15, 0.2) is 18.2 Å². The summed E-state index contributed by atoms with van der Waals surface area (Å²) < 4.78 is 11.8. The van der Waals surface area contributed by atoms with Crippen molar-refractivity contribution in [1.82, 2.24) is 0 Å². The van der Waals surface area contributed by atoms with Crippen molar-refractivity contribution in [1.29, 1.82) is 0 Å². The molecule has 0 saturated heterocycles. The quantitative estimate of drug-likeness (QED) is 0.765. The van der Waals surface area contributed by atoms with Crippen LogP contribution in [0.1, 0.15) is 30.9 Å². The van der Waals surface area contributed by atoms with Gasteiger partial charge in [-0.05, 0) is 69.1 Å². The molecule has 0 aromatic heterocycles. The third-order valence-corrected chi connectivity index (χ3v) is 4.58. The number of methoxy groups -OCH3 is 1. The molecule has 18 heavy (non-hydrogen) atoms. The van der Waals surface area contributed by atoms with Crippen molar-refractivity contribution in [3.8, 4) is 5.75 Å². The van der Waals surface area contributed by atoms with E-state index in [0.29, 0.717) is 0 Å². The third-order valence-electron chi connectivity index (χ3n) is 3.52. The van der Waals surface area contributed by atoms with Crippen LogP contribution in [0.2, 0.25) is 19.6 Å². The Labute approximate surface area is 111 Å². The summed E-state index contributed by atoms with van der Waals surface area (Å²) >= 11 is 0. The molecule has 1 aromatic rings. The van der Waals surface area contributed by atoms with Gasteiger partial charge < -0.3 is 9.16 Å². The van der Waals surface area contributed by atoms with Gasteiger partial charge in [-0.1, -0.05) is 6.07 Å². The molecular formula is C15H24O2Si. The van der Waals surface area contributed by atoms with Gasteiger partial charge in [-0.3, -0.25) is 0 Å². The summed E-state index contributed by atoms with van der Waals surface area (Å²) in [4.78, 5) is 0. The smallest absolute Gasteiger partial charge is 0.184 e. The Balaban J connectivity index is 2.42. The van der Waals surface area contributed by atoms with Gasteiger partial charge in [-0.2, -0.15) is 0 Å². The van der Waals surface area contributed by atoms with Gasteiger partial charge in [0.15, 0.2) is 8.32 Å². The molecule has 2 nitrogen and oxygen atoms in total. The van der Waals surface area contributed by atoms with Gasteiger partial charge in [0.2, 0.25) is 0 Å². The number of benzene rings is 1. The Bertz CT molecular complexity index is 437. The fraction of sp³-hybridized carbons (Fsp3) is 0.600. The first kappa shape index (κ1) is 13.6. The number of aryl methyl sites for hydroxylation is 1. The van der Waals surface area contributed by atoms with E-state index in [1.165, 1.54) is 17.5 Å². The van der Waals surface area contributed by atoms with Gasteiger partial charge in [0, 0.05) is 0 Å². The summed E-state index contributed by atoms with van der Waals surface area (Å²) in [6.45, 7) is 9.01. The van der Waals surface area contributed by atoms with Gasteiger partial charge in [0.1, 0.15) is 5.75 Å². The van der Waals surface area contributed by atoms with E-state index in [1.54, 1.807) is 7.11 Å². The van der Waals surface area contributed by atoms with Gasteiger partial charge >= 0.3 is 0 Å². The zero-order chi connectivity index (χ0) is 13.4. The average Bonchev–Trinajstić information content (AvgIpc) is 2.26. The predicted octanol–water partition coefficient (Wildman–Crippen LogP) is 4.10. The minimum atomic E-state index is -1.55. The highest BCUT2D eigenvalue weighted by Gasteiger charge is 2.37. The van der Waals surface area contributed by atoms with Crippen molar-refractivity contribution in [2.75, 3.05) is 7.11 Å². The molecular weight excluding hydrogens is 240 g/mol. The normalized spacial score (nSPS) is 23.6. The molecule has 0 spiro atoms. The first-order chi connectivity index (χ1) is 8.34. The first-order valence-corrected chi connectivity index (χ1v) is 10.1. The summed E-state index contributed by atoms with van der Waals surface area (Å²) in [6, 6.07) is 6.41. The maximum atomic E-state index is 6.48. The molecule has 0 aliphatic heterocycles. The summed E-state index contributed by atoms with van der Waals surface area (Å²) in [5.74, 6) is 0.932. The monoisotopic (exact) mass is 264 g/mol. The Morgan fingerprint density at radius 1 is 1.22 bits per heavy atom. The molecule has 0 N–H and O–H groups in total. The lowest BCUT2D eigenvalue weighted by atomic mass is 9.80. The van der Waals surface area contributed by atoms with Crippen LogP contribution < -0.4 is 4.74 Å². The summed E-state index contributed by atoms with van der Waals surface area (Å²) in [6.07, 6.45) is 3.47. The number of ether oxygens (including phenoxy) is 1. The Hall–Kier alpha value is -0.803. The predicted molar refractivity (Wildman–Crippen MR) is 77.7 cm³/mol. The van der Waals surface area contributed by atoms with E-state index < -0.39 is 8.32 Å². The number of rotatable bonds is 3. The number of hydrogen-bond acceptors (Lipinski definition) is 2. The van der Waals surface area contributed by atoms with Crippen LogP contribution in [0.4, 0.5) is 0 Å². The van der Waals surface area contributed by atoms with Crippen molar-refractivity contribution in [3.63, 3.8) is 0 Å². The topological polar surface area (TPSA) is 18.5 Å². The second-order valence-electron chi connectivity index (χ2n) is 6.32. The van der Waals surface area contributed by atoms with Gasteiger partial charge in [-0.15, -0.1) is 0 Å². The van der Waals surface area contributed by atoms with Crippen molar-refractivity contribution < 1.29 is 9.16 Å². The molecule has 0 radical (unpaired) electrons. The van der Waals surface area contributed by atoms with Crippen molar-refractivity contribution in [3.05, 3.63) is 29.3 Å². The second kappa shape index (κ2) is 4.70. The standard InChI is InChI=1S/C15H24O2Si/c1-15(17-18(3,4)5)10-6-7-12-8-9-13(16-2)11-14(12)15/h8-9,11H,6-7,10H2,1-5H3. The van der Waals surface area contributed by atoms with Crippen LogP contribution >= 0.6 is 0 Å². The first-order valence-electron chi connectivity index (χ1n) is 6.72. The van der Waals surface area contributed by atoms with Crippen molar-refractivity contribution >= 4 is 8.32 Å². The highest BCUT2D eigenvalue weighted by atomic mass is 28.4. The molecule has 0 heterocycles. The van der Waals surface area contributed by atoms with Crippen LogP contribution in [0.3, 0.4) is 0 Å². The Morgan fingerprint density at radius 2 is 1.94 bits per heavy atom. The van der Waals surface area contributed by atoms with E-state index in [2.05, 4.69) is 44.8 Å². The molecule has 1 aromatic carbocycles. The largest absolute Gasteiger partial charge is 0.497 e. The molecule has 1 atom stereocenters. The molecule has 1 aliphatic rings. The van der Waals surface area contributed by atoms with Gasteiger partial charge in [0.05, 0.1) is 12.7 Å². The minimum absolute atomic E-state index is 0.132. The fourth-order valence-corrected chi connectivity index (χ4v) is 4.49.